The molecule has 0 radical (unpaired) electrons. The zero-order valence-corrected chi connectivity index (χ0v) is 10.5. The molecule has 0 unspecified atom stereocenters. The van der Waals surface area contributed by atoms with Gasteiger partial charge in [-0.15, -0.1) is 0 Å². The van der Waals surface area contributed by atoms with E-state index in [-0.39, 0.29) is 5.82 Å². The number of hydrogen-bond acceptors (Lipinski definition) is 2. The van der Waals surface area contributed by atoms with Gasteiger partial charge in [-0.1, -0.05) is 13.8 Å². The Morgan fingerprint density at radius 1 is 1.25 bits per heavy atom. The van der Waals surface area contributed by atoms with Gasteiger partial charge in [0.1, 0.15) is 5.52 Å². The van der Waals surface area contributed by atoms with E-state index < -0.39 is 0 Å². The van der Waals surface area contributed by atoms with Gasteiger partial charge < -0.3 is 9.47 Å². The fraction of sp³-hybridized carbons (Fsp3) is 0.417. The van der Waals surface area contributed by atoms with Crippen LogP contribution in [0.2, 0.25) is 0 Å². The second kappa shape index (κ2) is 4.96. The van der Waals surface area contributed by atoms with Crippen LogP contribution < -0.4 is 4.90 Å². The molecule has 0 aliphatic heterocycles. The zero-order valence-electron chi connectivity index (χ0n) is 10.5. The van der Waals surface area contributed by atoms with E-state index in [1.807, 2.05) is 38.9 Å². The van der Waals surface area contributed by atoms with Crippen LogP contribution in [-0.2, 0) is 7.05 Å². The first kappa shape index (κ1) is 12.5. The monoisotopic (exact) mass is 223 g/mol. The van der Waals surface area contributed by atoms with E-state index in [2.05, 4.69) is 4.98 Å². The minimum absolute atomic E-state index is 0.230. The first-order chi connectivity index (χ1) is 7.59. The summed E-state index contributed by atoms with van der Waals surface area (Å²) in [7, 11) is 5.54. The van der Waals surface area contributed by atoms with Crippen LogP contribution in [0.15, 0.2) is 18.5 Å². The molecule has 1 heterocycles. The Hall–Kier alpha value is -1.58. The van der Waals surface area contributed by atoms with E-state index in [0.717, 1.165) is 5.69 Å². The summed E-state index contributed by atoms with van der Waals surface area (Å²) in [5.41, 5.74) is 2.07. The van der Waals surface area contributed by atoms with Gasteiger partial charge in [-0.3, -0.25) is 0 Å². The molecule has 2 rings (SSSR count). The van der Waals surface area contributed by atoms with E-state index in [1.54, 1.807) is 17.9 Å². The number of aryl methyl sites for hydroxylation is 1. The van der Waals surface area contributed by atoms with Crippen LogP contribution in [0.1, 0.15) is 13.8 Å². The van der Waals surface area contributed by atoms with Gasteiger partial charge in [0, 0.05) is 26.8 Å². The first-order valence-electron chi connectivity index (χ1n) is 5.37. The average Bonchev–Trinajstić information content (AvgIpc) is 2.63. The maximum Gasteiger partial charge on any atom is 0.151 e. The molecule has 0 atom stereocenters. The lowest BCUT2D eigenvalue weighted by Gasteiger charge is -2.12. The predicted molar refractivity (Wildman–Crippen MR) is 66.3 cm³/mol. The molecule has 0 spiro atoms. The number of nitrogens with zero attached hydrogens (tertiary/aromatic N) is 3. The fourth-order valence-corrected chi connectivity index (χ4v) is 1.48. The molecule has 1 aromatic heterocycles. The molecular weight excluding hydrogens is 205 g/mol. The third kappa shape index (κ3) is 2.15. The van der Waals surface area contributed by atoms with E-state index in [4.69, 9.17) is 0 Å². The Balaban J connectivity index is 0.000000606. The predicted octanol–water partition coefficient (Wildman–Crippen LogP) is 2.80. The maximum atomic E-state index is 13.6. The standard InChI is InChI=1S/C10H12FN3.C2H6/c1-13(2)7-4-8(11)10-9(5-7)12-6-14(10)3;1-2/h4-6H,1-3H3;1-2H3. The number of benzene rings is 1. The highest BCUT2D eigenvalue weighted by atomic mass is 19.1. The lowest BCUT2D eigenvalue weighted by molar-refractivity contribution is 0.631. The lowest BCUT2D eigenvalue weighted by Crippen LogP contribution is -2.08. The Kier molecular flexibility index (Phi) is 3.88. The number of hydrogen-bond donors (Lipinski definition) is 0. The van der Waals surface area contributed by atoms with Crippen molar-refractivity contribution >= 4 is 16.7 Å². The van der Waals surface area contributed by atoms with Gasteiger partial charge in [0.15, 0.2) is 5.82 Å². The number of anilines is 1. The minimum Gasteiger partial charge on any atom is -0.378 e. The second-order valence-corrected chi connectivity index (χ2v) is 3.55. The van der Waals surface area contributed by atoms with Gasteiger partial charge in [-0.05, 0) is 12.1 Å². The Labute approximate surface area is 95.5 Å². The van der Waals surface area contributed by atoms with Crippen molar-refractivity contribution < 1.29 is 4.39 Å². The highest BCUT2D eigenvalue weighted by molar-refractivity contribution is 5.80. The van der Waals surface area contributed by atoms with Crippen LogP contribution in [0.3, 0.4) is 0 Å². The molecule has 0 saturated carbocycles. The molecule has 0 fully saturated rings. The normalized spacial score (nSPS) is 9.88. The molecule has 0 bridgehead atoms. The Morgan fingerprint density at radius 3 is 2.44 bits per heavy atom. The summed E-state index contributed by atoms with van der Waals surface area (Å²) in [5.74, 6) is -0.230. The van der Waals surface area contributed by atoms with Gasteiger partial charge in [-0.25, -0.2) is 9.37 Å². The second-order valence-electron chi connectivity index (χ2n) is 3.55. The zero-order chi connectivity index (χ0) is 12.3. The third-order valence-corrected chi connectivity index (χ3v) is 2.27. The number of aromatic nitrogens is 2. The van der Waals surface area contributed by atoms with E-state index in [1.165, 1.54) is 6.07 Å². The summed E-state index contributed by atoms with van der Waals surface area (Å²) >= 11 is 0. The minimum atomic E-state index is -0.230. The van der Waals surface area contributed by atoms with Crippen LogP contribution >= 0.6 is 0 Å². The van der Waals surface area contributed by atoms with Crippen LogP contribution in [0.5, 0.6) is 0 Å². The highest BCUT2D eigenvalue weighted by Crippen LogP contribution is 2.22. The Morgan fingerprint density at radius 2 is 1.88 bits per heavy atom. The van der Waals surface area contributed by atoms with Crippen LogP contribution in [0, 0.1) is 5.82 Å². The van der Waals surface area contributed by atoms with E-state index in [0.29, 0.717) is 11.0 Å². The van der Waals surface area contributed by atoms with Gasteiger partial charge in [-0.2, -0.15) is 0 Å². The van der Waals surface area contributed by atoms with Gasteiger partial charge in [0.05, 0.1) is 11.8 Å². The van der Waals surface area contributed by atoms with Crippen molar-refractivity contribution in [3.63, 3.8) is 0 Å². The van der Waals surface area contributed by atoms with Crippen molar-refractivity contribution in [3.8, 4) is 0 Å². The number of rotatable bonds is 1. The summed E-state index contributed by atoms with van der Waals surface area (Å²) in [6.45, 7) is 4.00. The summed E-state index contributed by atoms with van der Waals surface area (Å²) in [4.78, 5) is 5.98. The van der Waals surface area contributed by atoms with Crippen molar-refractivity contribution in [2.24, 2.45) is 7.05 Å². The molecule has 0 saturated heterocycles. The summed E-state index contributed by atoms with van der Waals surface area (Å²) in [5, 5.41) is 0. The van der Waals surface area contributed by atoms with Gasteiger partial charge in [0.2, 0.25) is 0 Å². The summed E-state index contributed by atoms with van der Waals surface area (Å²) < 4.78 is 15.3. The lowest BCUT2D eigenvalue weighted by atomic mass is 10.2. The van der Waals surface area contributed by atoms with Gasteiger partial charge >= 0.3 is 0 Å². The number of imidazole rings is 1. The van der Waals surface area contributed by atoms with Crippen molar-refractivity contribution in [2.75, 3.05) is 19.0 Å². The molecule has 0 aliphatic carbocycles. The van der Waals surface area contributed by atoms with Gasteiger partial charge in [0.25, 0.3) is 0 Å². The van der Waals surface area contributed by atoms with Crippen LogP contribution in [0.25, 0.3) is 11.0 Å². The molecular formula is C12H18FN3. The third-order valence-electron chi connectivity index (χ3n) is 2.27. The topological polar surface area (TPSA) is 21.1 Å². The largest absolute Gasteiger partial charge is 0.378 e. The molecule has 4 heteroatoms. The SMILES string of the molecule is CC.CN(C)c1cc(F)c2c(c1)ncn2C. The van der Waals surface area contributed by atoms with E-state index in [9.17, 15) is 4.39 Å². The molecule has 0 aliphatic rings. The molecule has 0 N–H and O–H groups in total. The number of halogens is 1. The van der Waals surface area contributed by atoms with Crippen molar-refractivity contribution in [1.82, 2.24) is 9.55 Å². The Bertz CT molecular complexity index is 474. The quantitative estimate of drug-likeness (QED) is 0.741. The van der Waals surface area contributed by atoms with Crippen LogP contribution in [0.4, 0.5) is 10.1 Å². The molecule has 2 aromatic rings. The highest BCUT2D eigenvalue weighted by Gasteiger charge is 2.08. The molecule has 88 valence electrons. The summed E-state index contributed by atoms with van der Waals surface area (Å²) in [6, 6.07) is 3.39. The summed E-state index contributed by atoms with van der Waals surface area (Å²) in [6.07, 6.45) is 1.62. The smallest absolute Gasteiger partial charge is 0.151 e. The van der Waals surface area contributed by atoms with Crippen molar-refractivity contribution in [2.45, 2.75) is 13.8 Å². The fourth-order valence-electron chi connectivity index (χ4n) is 1.48. The average molecular weight is 223 g/mol. The number of fused-ring (bicyclic) bond motifs is 1. The van der Waals surface area contributed by atoms with E-state index >= 15 is 0 Å². The van der Waals surface area contributed by atoms with Crippen molar-refractivity contribution in [3.05, 3.63) is 24.3 Å². The maximum absolute atomic E-state index is 13.6. The molecule has 16 heavy (non-hydrogen) atoms. The van der Waals surface area contributed by atoms with Crippen LogP contribution in [-0.4, -0.2) is 23.6 Å². The first-order valence-corrected chi connectivity index (χ1v) is 5.37. The molecule has 3 nitrogen and oxygen atoms in total. The molecule has 1 aromatic carbocycles. The molecule has 0 amide bonds. The van der Waals surface area contributed by atoms with Crippen molar-refractivity contribution in [1.29, 1.82) is 0 Å².